The largest absolute Gasteiger partial charge is 0.316 e. The van der Waals surface area contributed by atoms with Gasteiger partial charge >= 0.3 is 0 Å². The van der Waals surface area contributed by atoms with E-state index in [4.69, 9.17) is 0 Å². The Morgan fingerprint density at radius 3 is 2.80 bits per heavy atom. The summed E-state index contributed by atoms with van der Waals surface area (Å²) in [4.78, 5) is 4.31. The normalized spacial score (nSPS) is 13.4. The van der Waals surface area contributed by atoms with E-state index < -0.39 is 0 Å². The number of thioether (sulfide) groups is 1. The van der Waals surface area contributed by atoms with Gasteiger partial charge in [0.2, 0.25) is 0 Å². The molecular weight excluding hydrogens is 208 g/mol. The van der Waals surface area contributed by atoms with E-state index >= 15 is 0 Å². The van der Waals surface area contributed by atoms with Crippen LogP contribution in [-0.2, 0) is 6.42 Å². The Balaban J connectivity index is 2.65. The Bertz CT molecular complexity index is 285. The second-order valence-electron chi connectivity index (χ2n) is 3.86. The van der Waals surface area contributed by atoms with Gasteiger partial charge < -0.3 is 5.32 Å². The van der Waals surface area contributed by atoms with Crippen LogP contribution in [0.4, 0.5) is 0 Å². The molecule has 1 unspecified atom stereocenters. The lowest BCUT2D eigenvalue weighted by Gasteiger charge is -2.16. The summed E-state index contributed by atoms with van der Waals surface area (Å²) in [5.41, 5.74) is 0. The van der Waals surface area contributed by atoms with Gasteiger partial charge in [0.15, 0.2) is 0 Å². The fourth-order valence-electron chi connectivity index (χ4n) is 1.52. The molecule has 15 heavy (non-hydrogen) atoms. The molecule has 1 N–H and O–H groups in total. The average molecular weight is 228 g/mol. The van der Waals surface area contributed by atoms with Crippen molar-refractivity contribution in [3.05, 3.63) is 12.2 Å². The smallest absolute Gasteiger partial charge is 0.138 e. The molecule has 0 fully saturated rings. The number of nitrogens with one attached hydrogen (secondary N) is 1. The Morgan fingerprint density at radius 1 is 1.53 bits per heavy atom. The summed E-state index contributed by atoms with van der Waals surface area (Å²) in [6.07, 6.45) is 4.70. The van der Waals surface area contributed by atoms with E-state index in [2.05, 4.69) is 35.5 Å². The molecule has 0 aliphatic heterocycles. The predicted octanol–water partition coefficient (Wildman–Crippen LogP) is 1.35. The first kappa shape index (κ1) is 12.5. The van der Waals surface area contributed by atoms with Crippen LogP contribution in [0.15, 0.2) is 6.33 Å². The molecule has 0 bridgehead atoms. The second-order valence-corrected chi connectivity index (χ2v) is 4.77. The monoisotopic (exact) mass is 228 g/mol. The van der Waals surface area contributed by atoms with Crippen molar-refractivity contribution in [3.63, 3.8) is 0 Å². The van der Waals surface area contributed by atoms with Crippen molar-refractivity contribution in [1.82, 2.24) is 20.1 Å². The third-order valence-corrected chi connectivity index (χ3v) is 3.08. The number of hydrogen-bond donors (Lipinski definition) is 1. The van der Waals surface area contributed by atoms with Gasteiger partial charge in [-0.3, -0.25) is 0 Å². The van der Waals surface area contributed by atoms with Crippen LogP contribution in [0.1, 0.15) is 25.7 Å². The van der Waals surface area contributed by atoms with Crippen LogP contribution in [0, 0.1) is 0 Å². The first-order valence-corrected chi connectivity index (χ1v) is 6.63. The molecule has 1 heterocycles. The lowest BCUT2D eigenvalue weighted by atomic mass is 10.2. The minimum absolute atomic E-state index is 0.384. The van der Waals surface area contributed by atoms with Crippen molar-refractivity contribution >= 4 is 11.8 Å². The Labute approximate surface area is 95.9 Å². The maximum absolute atomic E-state index is 4.31. The fraction of sp³-hybridized carbons (Fsp3) is 0.800. The molecule has 0 radical (unpaired) electrons. The third kappa shape index (κ3) is 3.50. The molecule has 0 aliphatic carbocycles. The molecule has 1 aromatic heterocycles. The summed E-state index contributed by atoms with van der Waals surface area (Å²) in [5, 5.41) is 7.54. The van der Waals surface area contributed by atoms with Gasteiger partial charge in [0.25, 0.3) is 0 Å². The van der Waals surface area contributed by atoms with Gasteiger partial charge in [-0.15, -0.1) is 0 Å². The van der Waals surface area contributed by atoms with Gasteiger partial charge in [0.05, 0.1) is 0 Å². The van der Waals surface area contributed by atoms with Gasteiger partial charge in [0.1, 0.15) is 12.2 Å². The summed E-state index contributed by atoms with van der Waals surface area (Å²) < 4.78 is 1.99. The van der Waals surface area contributed by atoms with Crippen LogP contribution in [0.25, 0.3) is 0 Å². The Hall–Kier alpha value is -0.550. The molecule has 0 aromatic carbocycles. The first-order valence-electron chi connectivity index (χ1n) is 5.23. The molecule has 1 atom stereocenters. The predicted molar refractivity (Wildman–Crippen MR) is 65.3 cm³/mol. The quantitative estimate of drug-likeness (QED) is 0.798. The van der Waals surface area contributed by atoms with Gasteiger partial charge in [-0.2, -0.15) is 16.9 Å². The standard InChI is InChI=1S/C10H20N4S/c1-8(2)14-10(12-7-13-14)5-9(11-3)6-15-4/h7-9,11H,5-6H2,1-4H3. The second kappa shape index (κ2) is 6.12. The van der Waals surface area contributed by atoms with Gasteiger partial charge in [-0.25, -0.2) is 9.67 Å². The third-order valence-electron chi connectivity index (χ3n) is 2.34. The van der Waals surface area contributed by atoms with E-state index in [1.165, 1.54) is 0 Å². The molecule has 5 heteroatoms. The zero-order valence-corrected chi connectivity index (χ0v) is 10.7. The maximum Gasteiger partial charge on any atom is 0.138 e. The van der Waals surface area contributed by atoms with E-state index in [1.807, 2.05) is 23.5 Å². The zero-order valence-electron chi connectivity index (χ0n) is 9.90. The van der Waals surface area contributed by atoms with Gasteiger partial charge in [-0.05, 0) is 27.2 Å². The first-order chi connectivity index (χ1) is 7.19. The SMILES string of the molecule is CNC(CSC)Cc1ncnn1C(C)C. The minimum Gasteiger partial charge on any atom is -0.316 e. The van der Waals surface area contributed by atoms with E-state index in [0.717, 1.165) is 18.0 Å². The molecule has 1 aromatic rings. The average Bonchev–Trinajstić information content (AvgIpc) is 2.65. The van der Waals surface area contributed by atoms with Crippen LogP contribution in [0.2, 0.25) is 0 Å². The number of aromatic nitrogens is 3. The number of likely N-dealkylation sites (N-methyl/N-ethyl adjacent to an activating group) is 1. The molecule has 4 nitrogen and oxygen atoms in total. The highest BCUT2D eigenvalue weighted by atomic mass is 32.2. The Kier molecular flexibility index (Phi) is 5.11. The van der Waals surface area contributed by atoms with Crippen LogP contribution in [-0.4, -0.2) is 39.9 Å². The number of rotatable bonds is 6. The van der Waals surface area contributed by atoms with Gasteiger partial charge in [-0.1, -0.05) is 0 Å². The van der Waals surface area contributed by atoms with Crippen molar-refractivity contribution in [2.45, 2.75) is 32.4 Å². The van der Waals surface area contributed by atoms with Gasteiger partial charge in [0, 0.05) is 24.3 Å². The highest BCUT2D eigenvalue weighted by Crippen LogP contribution is 2.09. The molecule has 0 spiro atoms. The van der Waals surface area contributed by atoms with Crippen LogP contribution in [0.3, 0.4) is 0 Å². The van der Waals surface area contributed by atoms with Crippen molar-refractivity contribution in [2.75, 3.05) is 19.1 Å². The zero-order chi connectivity index (χ0) is 11.3. The van der Waals surface area contributed by atoms with E-state index in [-0.39, 0.29) is 0 Å². The van der Waals surface area contributed by atoms with E-state index in [9.17, 15) is 0 Å². The Morgan fingerprint density at radius 2 is 2.27 bits per heavy atom. The molecule has 0 saturated heterocycles. The summed E-state index contributed by atoms with van der Waals surface area (Å²) in [6, 6.07) is 0.857. The molecule has 0 amide bonds. The van der Waals surface area contributed by atoms with Crippen LogP contribution in [0.5, 0.6) is 0 Å². The molecule has 0 aliphatic rings. The lowest BCUT2D eigenvalue weighted by molar-refractivity contribution is 0.484. The van der Waals surface area contributed by atoms with E-state index in [1.54, 1.807) is 6.33 Å². The van der Waals surface area contributed by atoms with Crippen LogP contribution >= 0.6 is 11.8 Å². The summed E-state index contributed by atoms with van der Waals surface area (Å²) in [6.45, 7) is 4.25. The molecule has 1 rings (SSSR count). The van der Waals surface area contributed by atoms with E-state index in [0.29, 0.717) is 12.1 Å². The summed E-state index contributed by atoms with van der Waals surface area (Å²) in [7, 11) is 2.00. The minimum atomic E-state index is 0.384. The molecule has 86 valence electrons. The van der Waals surface area contributed by atoms with Crippen molar-refractivity contribution in [2.24, 2.45) is 0 Å². The lowest BCUT2D eigenvalue weighted by Crippen LogP contribution is -2.31. The summed E-state index contributed by atoms with van der Waals surface area (Å²) >= 11 is 1.85. The topological polar surface area (TPSA) is 42.7 Å². The highest BCUT2D eigenvalue weighted by molar-refractivity contribution is 7.98. The fourth-order valence-corrected chi connectivity index (χ4v) is 2.20. The maximum atomic E-state index is 4.31. The van der Waals surface area contributed by atoms with Crippen molar-refractivity contribution in [3.8, 4) is 0 Å². The highest BCUT2D eigenvalue weighted by Gasteiger charge is 2.13. The summed E-state index contributed by atoms with van der Waals surface area (Å²) in [5.74, 6) is 2.17. The van der Waals surface area contributed by atoms with Crippen molar-refractivity contribution in [1.29, 1.82) is 0 Å². The van der Waals surface area contributed by atoms with Crippen molar-refractivity contribution < 1.29 is 0 Å². The van der Waals surface area contributed by atoms with Crippen LogP contribution < -0.4 is 5.32 Å². The molecule has 0 saturated carbocycles. The molecular formula is C10H20N4S. The number of nitrogens with zero attached hydrogens (tertiary/aromatic N) is 3. The number of hydrogen-bond acceptors (Lipinski definition) is 4.